The molecule has 23 heavy (non-hydrogen) atoms. The number of halogens is 1. The van der Waals surface area contributed by atoms with Crippen LogP contribution in [0.4, 0.5) is 4.39 Å². The third kappa shape index (κ3) is 3.56. The molecule has 1 aliphatic heterocycles. The van der Waals surface area contributed by atoms with Crippen LogP contribution >= 0.6 is 0 Å². The number of pyridine rings is 1. The van der Waals surface area contributed by atoms with Crippen molar-refractivity contribution in [1.82, 2.24) is 9.88 Å². The van der Waals surface area contributed by atoms with Gasteiger partial charge in [0.25, 0.3) is 0 Å². The molecule has 0 saturated carbocycles. The van der Waals surface area contributed by atoms with Gasteiger partial charge in [0.1, 0.15) is 5.82 Å². The van der Waals surface area contributed by atoms with Gasteiger partial charge in [0, 0.05) is 25.3 Å². The Kier molecular flexibility index (Phi) is 4.39. The highest BCUT2D eigenvalue weighted by molar-refractivity contribution is 5.87. The van der Waals surface area contributed by atoms with Crippen molar-refractivity contribution >= 4 is 5.97 Å². The maximum Gasteiger partial charge on any atom is 0.337 e. The number of carbonyl (C=O) groups is 1. The Balaban J connectivity index is 1.67. The van der Waals surface area contributed by atoms with Crippen molar-refractivity contribution in [2.75, 3.05) is 6.54 Å². The van der Waals surface area contributed by atoms with Crippen molar-refractivity contribution in [3.63, 3.8) is 0 Å². The lowest BCUT2D eigenvalue weighted by Crippen LogP contribution is -2.27. The van der Waals surface area contributed by atoms with Crippen molar-refractivity contribution < 1.29 is 14.3 Å². The molecule has 4 nitrogen and oxygen atoms in total. The quantitative estimate of drug-likeness (QED) is 0.941. The molecular weight excluding hydrogens is 295 g/mol. The first-order valence-electron chi connectivity index (χ1n) is 7.70. The maximum atomic E-state index is 13.0. The number of carboxylic acid groups (broad SMARTS) is 1. The molecule has 0 radical (unpaired) electrons. The van der Waals surface area contributed by atoms with Gasteiger partial charge in [0.15, 0.2) is 0 Å². The molecule has 2 atom stereocenters. The molecule has 1 saturated heterocycles. The summed E-state index contributed by atoms with van der Waals surface area (Å²) >= 11 is 0. The van der Waals surface area contributed by atoms with Crippen molar-refractivity contribution in [2.24, 2.45) is 0 Å². The van der Waals surface area contributed by atoms with E-state index in [1.807, 2.05) is 12.1 Å². The normalized spacial score (nSPS) is 21.5. The topological polar surface area (TPSA) is 53.4 Å². The van der Waals surface area contributed by atoms with E-state index in [0.717, 1.165) is 24.2 Å². The Labute approximate surface area is 134 Å². The second-order valence-corrected chi connectivity index (χ2v) is 6.11. The van der Waals surface area contributed by atoms with Gasteiger partial charge in [0.05, 0.1) is 11.3 Å². The second-order valence-electron chi connectivity index (χ2n) is 6.11. The van der Waals surface area contributed by atoms with Crippen LogP contribution in [0.2, 0.25) is 0 Å². The zero-order valence-corrected chi connectivity index (χ0v) is 12.9. The van der Waals surface area contributed by atoms with Crippen LogP contribution in [0.5, 0.6) is 0 Å². The molecule has 2 aromatic rings. The first kappa shape index (κ1) is 15.6. The van der Waals surface area contributed by atoms with E-state index in [4.69, 9.17) is 5.11 Å². The standard InChI is InChI=1S/C18H19FN2O2/c1-12-8-15(13-2-5-16(19)6-3-13)10-21(12)11-17-7-4-14(9-20-17)18(22)23/h2-7,9,12,15H,8,10-11H2,1H3,(H,22,23). The van der Waals surface area contributed by atoms with Gasteiger partial charge in [-0.1, -0.05) is 12.1 Å². The van der Waals surface area contributed by atoms with Crippen molar-refractivity contribution in [3.05, 3.63) is 65.2 Å². The fraction of sp³-hybridized carbons (Fsp3) is 0.333. The molecule has 2 unspecified atom stereocenters. The van der Waals surface area contributed by atoms with Gasteiger partial charge in [0.2, 0.25) is 0 Å². The number of aromatic carboxylic acids is 1. The fourth-order valence-electron chi connectivity index (χ4n) is 3.15. The maximum absolute atomic E-state index is 13.0. The van der Waals surface area contributed by atoms with Crippen LogP contribution in [0.15, 0.2) is 42.6 Å². The van der Waals surface area contributed by atoms with Crippen LogP contribution in [0, 0.1) is 5.82 Å². The summed E-state index contributed by atoms with van der Waals surface area (Å²) in [5, 5.41) is 8.91. The average Bonchev–Trinajstić information content (AvgIpc) is 2.89. The van der Waals surface area contributed by atoms with E-state index in [1.54, 1.807) is 12.1 Å². The second kappa shape index (κ2) is 6.46. The number of hydrogen-bond acceptors (Lipinski definition) is 3. The Morgan fingerprint density at radius 3 is 2.65 bits per heavy atom. The molecule has 0 bridgehead atoms. The van der Waals surface area contributed by atoms with E-state index in [9.17, 15) is 9.18 Å². The van der Waals surface area contributed by atoms with E-state index in [2.05, 4.69) is 16.8 Å². The summed E-state index contributed by atoms with van der Waals surface area (Å²) in [4.78, 5) is 17.4. The molecule has 1 aromatic heterocycles. The molecule has 0 spiro atoms. The van der Waals surface area contributed by atoms with E-state index < -0.39 is 5.97 Å². The van der Waals surface area contributed by atoms with Crippen LogP contribution in [0.25, 0.3) is 0 Å². The first-order chi connectivity index (χ1) is 11.0. The summed E-state index contributed by atoms with van der Waals surface area (Å²) in [6.07, 6.45) is 2.43. The summed E-state index contributed by atoms with van der Waals surface area (Å²) in [6, 6.07) is 10.5. The van der Waals surface area contributed by atoms with Crippen LogP contribution in [0.1, 0.15) is 40.9 Å². The molecule has 1 aromatic carbocycles. The molecule has 0 amide bonds. The predicted octanol–water partition coefficient (Wildman–Crippen LogP) is 3.30. The number of likely N-dealkylation sites (tertiary alicyclic amines) is 1. The molecule has 3 rings (SSSR count). The van der Waals surface area contributed by atoms with Gasteiger partial charge >= 0.3 is 5.97 Å². The lowest BCUT2D eigenvalue weighted by atomic mass is 9.97. The molecule has 120 valence electrons. The zero-order chi connectivity index (χ0) is 16.4. The number of benzene rings is 1. The third-order valence-corrected chi connectivity index (χ3v) is 4.48. The molecular formula is C18H19FN2O2. The lowest BCUT2D eigenvalue weighted by Gasteiger charge is -2.20. The Morgan fingerprint density at radius 2 is 2.04 bits per heavy atom. The van der Waals surface area contributed by atoms with Crippen LogP contribution in [-0.4, -0.2) is 33.5 Å². The van der Waals surface area contributed by atoms with Crippen LogP contribution < -0.4 is 0 Å². The predicted molar refractivity (Wildman–Crippen MR) is 84.8 cm³/mol. The smallest absolute Gasteiger partial charge is 0.337 e. The Morgan fingerprint density at radius 1 is 1.30 bits per heavy atom. The lowest BCUT2D eigenvalue weighted by molar-refractivity contribution is 0.0696. The Hall–Kier alpha value is -2.27. The number of aromatic nitrogens is 1. The molecule has 0 aliphatic carbocycles. The fourth-order valence-corrected chi connectivity index (χ4v) is 3.15. The molecule has 5 heteroatoms. The van der Waals surface area contributed by atoms with Gasteiger partial charge < -0.3 is 5.11 Å². The highest BCUT2D eigenvalue weighted by atomic mass is 19.1. The van der Waals surface area contributed by atoms with Crippen molar-refractivity contribution in [3.8, 4) is 0 Å². The highest BCUT2D eigenvalue weighted by Gasteiger charge is 2.30. The zero-order valence-electron chi connectivity index (χ0n) is 12.9. The average molecular weight is 314 g/mol. The van der Waals surface area contributed by atoms with Gasteiger partial charge in [-0.05, 0) is 49.1 Å². The van der Waals surface area contributed by atoms with Crippen LogP contribution in [0.3, 0.4) is 0 Å². The minimum atomic E-state index is -0.963. The summed E-state index contributed by atoms with van der Waals surface area (Å²) in [5.74, 6) is -0.779. The number of hydrogen-bond donors (Lipinski definition) is 1. The summed E-state index contributed by atoms with van der Waals surface area (Å²) in [5.41, 5.74) is 2.23. The monoisotopic (exact) mass is 314 g/mol. The van der Waals surface area contributed by atoms with Crippen LogP contribution in [-0.2, 0) is 6.54 Å². The number of nitrogens with zero attached hydrogens (tertiary/aromatic N) is 2. The van der Waals surface area contributed by atoms with E-state index >= 15 is 0 Å². The Bertz CT molecular complexity index is 685. The summed E-state index contributed by atoms with van der Waals surface area (Å²) < 4.78 is 13.0. The largest absolute Gasteiger partial charge is 0.478 e. The molecule has 1 fully saturated rings. The summed E-state index contributed by atoms with van der Waals surface area (Å²) in [7, 11) is 0. The molecule has 2 heterocycles. The molecule has 1 N–H and O–H groups in total. The van der Waals surface area contributed by atoms with Gasteiger partial charge in [-0.15, -0.1) is 0 Å². The molecule has 1 aliphatic rings. The highest BCUT2D eigenvalue weighted by Crippen LogP contribution is 2.32. The first-order valence-corrected chi connectivity index (χ1v) is 7.70. The van der Waals surface area contributed by atoms with Gasteiger partial charge in [-0.3, -0.25) is 9.88 Å². The number of carboxylic acids is 1. The van der Waals surface area contributed by atoms with Gasteiger partial charge in [-0.2, -0.15) is 0 Å². The van der Waals surface area contributed by atoms with E-state index in [0.29, 0.717) is 18.5 Å². The minimum absolute atomic E-state index is 0.201. The summed E-state index contributed by atoms with van der Waals surface area (Å²) in [6.45, 7) is 3.77. The SMILES string of the molecule is CC1CC(c2ccc(F)cc2)CN1Cc1ccc(C(=O)O)cn1. The van der Waals surface area contributed by atoms with E-state index in [-0.39, 0.29) is 11.4 Å². The van der Waals surface area contributed by atoms with Gasteiger partial charge in [-0.25, -0.2) is 9.18 Å². The number of rotatable bonds is 4. The van der Waals surface area contributed by atoms with Crippen molar-refractivity contribution in [1.29, 1.82) is 0 Å². The third-order valence-electron chi connectivity index (χ3n) is 4.48. The van der Waals surface area contributed by atoms with Crippen molar-refractivity contribution in [2.45, 2.75) is 31.8 Å². The van der Waals surface area contributed by atoms with E-state index in [1.165, 1.54) is 18.3 Å². The minimum Gasteiger partial charge on any atom is -0.478 e.